The van der Waals surface area contributed by atoms with E-state index in [-0.39, 0.29) is 5.41 Å². The highest BCUT2D eigenvalue weighted by Gasteiger charge is 2.35. The van der Waals surface area contributed by atoms with Crippen LogP contribution < -0.4 is 4.74 Å². The van der Waals surface area contributed by atoms with Crippen LogP contribution in [0.2, 0.25) is 0 Å². The largest absolute Gasteiger partial charge is 0.455 e. The van der Waals surface area contributed by atoms with Crippen molar-refractivity contribution in [3.8, 4) is 51.7 Å². The van der Waals surface area contributed by atoms with Gasteiger partial charge < -0.3 is 4.74 Å². The van der Waals surface area contributed by atoms with Gasteiger partial charge >= 0.3 is 0 Å². The standard InChI is InChI=1S/C39H26N4O/c1-39(2)32-20-18-28(22-34(32)44-35-29(23-40)12-8-14-33(35)39)38-42-36(25-10-4-3-5-11-25)41-37(43-38)27-17-19-31-26(21-27)16-15-24-9-6-7-13-30(24)31/h3-22H,1-2H3. The SMILES string of the molecule is CC1(C)c2ccc(-c3nc(-c4ccccc4)nc(-c4ccc5c(ccc6ccccc65)c4)n3)cc2Oc2c(C#N)cccc21. The van der Waals surface area contributed by atoms with Crippen LogP contribution in [0.15, 0.2) is 121 Å². The van der Waals surface area contributed by atoms with Crippen molar-refractivity contribution in [2.24, 2.45) is 0 Å². The maximum Gasteiger partial charge on any atom is 0.164 e. The molecule has 0 spiro atoms. The van der Waals surface area contributed by atoms with Crippen molar-refractivity contribution in [3.05, 3.63) is 138 Å². The van der Waals surface area contributed by atoms with Gasteiger partial charge in [0.25, 0.3) is 0 Å². The Balaban J connectivity index is 1.29. The molecule has 8 rings (SSSR count). The molecule has 0 atom stereocenters. The molecule has 0 amide bonds. The fourth-order valence-corrected chi connectivity index (χ4v) is 6.25. The Bertz CT molecular complexity index is 2300. The monoisotopic (exact) mass is 566 g/mol. The number of nitrogens with zero attached hydrogens (tertiary/aromatic N) is 4. The molecule has 0 bridgehead atoms. The van der Waals surface area contributed by atoms with Crippen molar-refractivity contribution in [2.75, 3.05) is 0 Å². The fourth-order valence-electron chi connectivity index (χ4n) is 6.25. The van der Waals surface area contributed by atoms with E-state index in [2.05, 4.69) is 80.6 Å². The minimum Gasteiger partial charge on any atom is -0.455 e. The Morgan fingerprint density at radius 2 is 1.23 bits per heavy atom. The van der Waals surface area contributed by atoms with Gasteiger partial charge in [0.05, 0.1) is 5.56 Å². The Hall–Kier alpha value is -5.86. The average Bonchev–Trinajstić information content (AvgIpc) is 3.07. The molecule has 1 aliphatic heterocycles. The van der Waals surface area contributed by atoms with E-state index in [1.807, 2.05) is 54.6 Å². The fraction of sp³-hybridized carbons (Fsp3) is 0.0769. The van der Waals surface area contributed by atoms with Gasteiger partial charge in [0.2, 0.25) is 0 Å². The number of fused-ring (bicyclic) bond motifs is 5. The zero-order valence-corrected chi connectivity index (χ0v) is 24.2. The van der Waals surface area contributed by atoms with Gasteiger partial charge in [-0.3, -0.25) is 0 Å². The molecule has 44 heavy (non-hydrogen) atoms. The Labute approximate surface area is 255 Å². The van der Waals surface area contributed by atoms with E-state index in [1.165, 1.54) is 16.2 Å². The number of aromatic nitrogens is 3. The molecule has 0 unspecified atom stereocenters. The summed E-state index contributed by atoms with van der Waals surface area (Å²) in [6.07, 6.45) is 0. The molecule has 5 heteroatoms. The summed E-state index contributed by atoms with van der Waals surface area (Å²) in [6, 6.07) is 43.2. The van der Waals surface area contributed by atoms with Gasteiger partial charge in [0.1, 0.15) is 17.6 Å². The molecule has 0 aliphatic carbocycles. The summed E-state index contributed by atoms with van der Waals surface area (Å²) in [5, 5.41) is 14.5. The highest BCUT2D eigenvalue weighted by atomic mass is 16.5. The number of hydrogen-bond donors (Lipinski definition) is 0. The second kappa shape index (κ2) is 9.86. The second-order valence-corrected chi connectivity index (χ2v) is 11.6. The third-order valence-electron chi connectivity index (χ3n) is 8.60. The second-order valence-electron chi connectivity index (χ2n) is 11.6. The van der Waals surface area contributed by atoms with Crippen LogP contribution in [0.5, 0.6) is 11.5 Å². The normalized spacial score (nSPS) is 13.1. The third kappa shape index (κ3) is 4.11. The summed E-state index contributed by atoms with van der Waals surface area (Å²) >= 11 is 0. The van der Waals surface area contributed by atoms with E-state index in [4.69, 9.17) is 19.7 Å². The lowest BCUT2D eigenvalue weighted by molar-refractivity contribution is 0.417. The molecule has 0 saturated carbocycles. The molecule has 208 valence electrons. The molecule has 0 radical (unpaired) electrons. The number of para-hydroxylation sites is 1. The lowest BCUT2D eigenvalue weighted by Crippen LogP contribution is -2.24. The Kier molecular flexibility index (Phi) is 5.79. The summed E-state index contributed by atoms with van der Waals surface area (Å²) in [4.78, 5) is 14.9. The molecule has 1 aliphatic rings. The van der Waals surface area contributed by atoms with Crippen molar-refractivity contribution in [2.45, 2.75) is 19.3 Å². The first kappa shape index (κ1) is 25.8. The van der Waals surface area contributed by atoms with Crippen LogP contribution in [-0.2, 0) is 5.41 Å². The van der Waals surface area contributed by atoms with Gasteiger partial charge in [-0.15, -0.1) is 0 Å². The summed E-state index contributed by atoms with van der Waals surface area (Å²) in [5.74, 6) is 3.05. The zero-order chi connectivity index (χ0) is 29.8. The first-order valence-electron chi connectivity index (χ1n) is 14.6. The Morgan fingerprint density at radius 1 is 0.568 bits per heavy atom. The maximum atomic E-state index is 9.78. The topological polar surface area (TPSA) is 71.7 Å². The predicted molar refractivity (Wildman–Crippen MR) is 175 cm³/mol. The van der Waals surface area contributed by atoms with Crippen LogP contribution in [0.3, 0.4) is 0 Å². The lowest BCUT2D eigenvalue weighted by Gasteiger charge is -2.35. The van der Waals surface area contributed by atoms with Crippen LogP contribution in [0.25, 0.3) is 55.7 Å². The summed E-state index contributed by atoms with van der Waals surface area (Å²) < 4.78 is 6.42. The molecule has 7 aromatic rings. The third-order valence-corrected chi connectivity index (χ3v) is 8.60. The first-order chi connectivity index (χ1) is 21.5. The minimum absolute atomic E-state index is 0.344. The maximum absolute atomic E-state index is 9.78. The van der Waals surface area contributed by atoms with Crippen molar-refractivity contribution >= 4 is 21.5 Å². The molecule has 2 heterocycles. The van der Waals surface area contributed by atoms with E-state index >= 15 is 0 Å². The molecule has 0 N–H and O–H groups in total. The van der Waals surface area contributed by atoms with Crippen LogP contribution >= 0.6 is 0 Å². The molecule has 0 saturated heterocycles. The van der Waals surface area contributed by atoms with Crippen molar-refractivity contribution in [1.82, 2.24) is 15.0 Å². The Morgan fingerprint density at radius 3 is 2.02 bits per heavy atom. The zero-order valence-electron chi connectivity index (χ0n) is 24.2. The number of rotatable bonds is 3. The van der Waals surface area contributed by atoms with Gasteiger partial charge in [-0.25, -0.2) is 15.0 Å². The van der Waals surface area contributed by atoms with Gasteiger partial charge in [-0.1, -0.05) is 117 Å². The highest BCUT2D eigenvalue weighted by Crippen LogP contribution is 2.49. The summed E-state index contributed by atoms with van der Waals surface area (Å²) in [7, 11) is 0. The number of benzene rings is 6. The molecule has 0 fully saturated rings. The number of hydrogen-bond acceptors (Lipinski definition) is 5. The van der Waals surface area contributed by atoms with Crippen LogP contribution in [-0.4, -0.2) is 15.0 Å². The van der Waals surface area contributed by atoms with Crippen LogP contribution in [0.1, 0.15) is 30.5 Å². The predicted octanol–water partition coefficient (Wildman–Crippen LogP) is 9.48. The van der Waals surface area contributed by atoms with Gasteiger partial charge in [0, 0.05) is 33.2 Å². The molecule has 6 aromatic carbocycles. The van der Waals surface area contributed by atoms with Gasteiger partial charge in [-0.05, 0) is 39.7 Å². The highest BCUT2D eigenvalue weighted by molar-refractivity contribution is 6.08. The average molecular weight is 567 g/mol. The van der Waals surface area contributed by atoms with Crippen molar-refractivity contribution in [3.63, 3.8) is 0 Å². The smallest absolute Gasteiger partial charge is 0.164 e. The first-order valence-corrected chi connectivity index (χ1v) is 14.6. The van der Waals surface area contributed by atoms with Crippen LogP contribution in [0, 0.1) is 11.3 Å². The number of ether oxygens (including phenoxy) is 1. The van der Waals surface area contributed by atoms with E-state index in [1.54, 1.807) is 6.07 Å². The quantitative estimate of drug-likeness (QED) is 0.199. The van der Waals surface area contributed by atoms with E-state index in [0.29, 0.717) is 34.5 Å². The number of nitriles is 1. The van der Waals surface area contributed by atoms with E-state index in [0.717, 1.165) is 33.2 Å². The van der Waals surface area contributed by atoms with Gasteiger partial charge in [-0.2, -0.15) is 5.26 Å². The summed E-state index contributed by atoms with van der Waals surface area (Å²) in [5.41, 5.74) is 4.85. The van der Waals surface area contributed by atoms with E-state index < -0.39 is 0 Å². The molecular weight excluding hydrogens is 540 g/mol. The van der Waals surface area contributed by atoms with Crippen molar-refractivity contribution in [1.29, 1.82) is 5.26 Å². The molecule has 1 aromatic heterocycles. The van der Waals surface area contributed by atoms with Crippen LogP contribution in [0.4, 0.5) is 0 Å². The summed E-state index contributed by atoms with van der Waals surface area (Å²) in [6.45, 7) is 4.32. The van der Waals surface area contributed by atoms with E-state index in [9.17, 15) is 5.26 Å². The van der Waals surface area contributed by atoms with Crippen molar-refractivity contribution < 1.29 is 4.74 Å². The lowest BCUT2D eigenvalue weighted by atomic mass is 9.75. The molecular formula is C39H26N4O. The molecule has 5 nitrogen and oxygen atoms in total. The minimum atomic E-state index is -0.344. The van der Waals surface area contributed by atoms with Gasteiger partial charge in [0.15, 0.2) is 17.5 Å².